The van der Waals surface area contributed by atoms with Gasteiger partial charge in [0, 0.05) is 23.2 Å². The van der Waals surface area contributed by atoms with Crippen molar-refractivity contribution in [2.45, 2.75) is 13.0 Å². The number of nitrogen functional groups attached to an aromatic ring is 1. The zero-order chi connectivity index (χ0) is 13.1. The average Bonchev–Trinajstić information content (AvgIpc) is 2.82. The van der Waals surface area contributed by atoms with Crippen LogP contribution in [-0.2, 0) is 9.53 Å². The number of nitrogens with one attached hydrogen (secondary N) is 1. The van der Waals surface area contributed by atoms with E-state index in [2.05, 4.69) is 41.5 Å². The SMILES string of the molecule is CC(=O)OC(c1nn[nH]n1)c1cc(Br)cnc1N. The minimum Gasteiger partial charge on any atom is -0.449 e. The smallest absolute Gasteiger partial charge is 0.303 e. The third-order valence-electron chi connectivity index (χ3n) is 2.08. The number of rotatable bonds is 3. The molecule has 0 aliphatic carbocycles. The number of tetrazole rings is 1. The molecule has 0 aromatic carbocycles. The van der Waals surface area contributed by atoms with E-state index in [0.29, 0.717) is 10.0 Å². The Hall–Kier alpha value is -2.03. The first-order valence-electron chi connectivity index (χ1n) is 4.89. The standard InChI is InChI=1S/C9H9BrN6O2/c1-4(17)18-7(9-13-15-16-14-9)6-2-5(10)3-12-8(6)11/h2-3,7H,1H3,(H2,11,12)(H,13,14,15,16). The second-order valence-corrected chi connectivity index (χ2v) is 4.30. The molecule has 2 heterocycles. The van der Waals surface area contributed by atoms with Gasteiger partial charge in [-0.1, -0.05) is 5.21 Å². The molecule has 0 radical (unpaired) electrons. The Balaban J connectivity index is 2.46. The van der Waals surface area contributed by atoms with E-state index in [1.54, 1.807) is 12.3 Å². The molecule has 2 rings (SSSR count). The summed E-state index contributed by atoms with van der Waals surface area (Å²) in [6.45, 7) is 1.29. The predicted molar refractivity (Wildman–Crippen MR) is 64.1 cm³/mol. The lowest BCUT2D eigenvalue weighted by Gasteiger charge is -2.15. The fraction of sp³-hybridized carbons (Fsp3) is 0.222. The molecular weight excluding hydrogens is 304 g/mol. The van der Waals surface area contributed by atoms with E-state index in [9.17, 15) is 4.79 Å². The highest BCUT2D eigenvalue weighted by atomic mass is 79.9. The maximum atomic E-state index is 11.1. The van der Waals surface area contributed by atoms with E-state index in [1.165, 1.54) is 6.92 Å². The van der Waals surface area contributed by atoms with E-state index in [0.717, 1.165) is 0 Å². The molecule has 8 nitrogen and oxygen atoms in total. The van der Waals surface area contributed by atoms with Crippen molar-refractivity contribution in [1.29, 1.82) is 0 Å². The van der Waals surface area contributed by atoms with Gasteiger partial charge >= 0.3 is 5.97 Å². The van der Waals surface area contributed by atoms with Crippen LogP contribution in [0.15, 0.2) is 16.7 Å². The number of hydrogen-bond acceptors (Lipinski definition) is 7. The summed E-state index contributed by atoms with van der Waals surface area (Å²) >= 11 is 3.27. The van der Waals surface area contributed by atoms with Gasteiger partial charge in [0.15, 0.2) is 6.10 Å². The van der Waals surface area contributed by atoms with Crippen molar-refractivity contribution in [3.8, 4) is 0 Å². The van der Waals surface area contributed by atoms with Crippen molar-refractivity contribution in [3.63, 3.8) is 0 Å². The highest BCUT2D eigenvalue weighted by Crippen LogP contribution is 2.28. The number of carbonyl (C=O) groups excluding carboxylic acids is 1. The highest BCUT2D eigenvalue weighted by Gasteiger charge is 2.25. The number of hydrogen-bond donors (Lipinski definition) is 2. The monoisotopic (exact) mass is 312 g/mol. The normalized spacial score (nSPS) is 12.1. The van der Waals surface area contributed by atoms with Gasteiger partial charge in [0.25, 0.3) is 0 Å². The van der Waals surface area contributed by atoms with Crippen molar-refractivity contribution in [1.82, 2.24) is 25.6 Å². The fourth-order valence-electron chi connectivity index (χ4n) is 1.38. The molecule has 2 aromatic rings. The molecule has 0 aliphatic heterocycles. The van der Waals surface area contributed by atoms with Crippen molar-refractivity contribution in [2.75, 3.05) is 5.73 Å². The number of esters is 1. The Morgan fingerprint density at radius 2 is 2.39 bits per heavy atom. The Bertz CT molecular complexity index is 558. The molecule has 3 N–H and O–H groups in total. The van der Waals surface area contributed by atoms with Crippen LogP contribution in [0.4, 0.5) is 5.82 Å². The molecule has 0 spiro atoms. The maximum absolute atomic E-state index is 11.1. The number of pyridine rings is 1. The van der Waals surface area contributed by atoms with Crippen molar-refractivity contribution >= 4 is 27.7 Å². The Morgan fingerprint density at radius 1 is 1.61 bits per heavy atom. The second-order valence-electron chi connectivity index (χ2n) is 3.39. The van der Waals surface area contributed by atoms with Gasteiger partial charge in [-0.15, -0.1) is 10.2 Å². The van der Waals surface area contributed by atoms with Gasteiger partial charge in [-0.2, -0.15) is 5.21 Å². The molecule has 0 bridgehead atoms. The first-order chi connectivity index (χ1) is 8.58. The fourth-order valence-corrected chi connectivity index (χ4v) is 1.73. The van der Waals surface area contributed by atoms with Crippen molar-refractivity contribution in [3.05, 3.63) is 28.1 Å². The van der Waals surface area contributed by atoms with Gasteiger partial charge in [0.1, 0.15) is 5.82 Å². The van der Waals surface area contributed by atoms with Gasteiger partial charge in [-0.05, 0) is 22.0 Å². The molecule has 1 unspecified atom stereocenters. The van der Waals surface area contributed by atoms with Crippen LogP contribution in [0, 0.1) is 0 Å². The average molecular weight is 313 g/mol. The first-order valence-corrected chi connectivity index (χ1v) is 5.68. The molecule has 94 valence electrons. The third kappa shape index (κ3) is 2.62. The van der Waals surface area contributed by atoms with Crippen molar-refractivity contribution in [2.24, 2.45) is 0 Å². The van der Waals surface area contributed by atoms with Crippen LogP contribution in [0.5, 0.6) is 0 Å². The van der Waals surface area contributed by atoms with Gasteiger partial charge in [-0.3, -0.25) is 4.79 Å². The minimum absolute atomic E-state index is 0.205. The maximum Gasteiger partial charge on any atom is 0.303 e. The lowest BCUT2D eigenvalue weighted by molar-refractivity contribution is -0.145. The number of nitrogens with zero attached hydrogens (tertiary/aromatic N) is 4. The van der Waals surface area contributed by atoms with Gasteiger partial charge < -0.3 is 10.5 Å². The summed E-state index contributed by atoms with van der Waals surface area (Å²) in [5, 5.41) is 13.3. The van der Waals surface area contributed by atoms with E-state index in [1.807, 2.05) is 0 Å². The summed E-state index contributed by atoms with van der Waals surface area (Å²) in [5.41, 5.74) is 6.25. The molecule has 9 heteroatoms. The van der Waals surface area contributed by atoms with E-state index < -0.39 is 12.1 Å². The lowest BCUT2D eigenvalue weighted by Crippen LogP contribution is -2.14. The number of aromatic amines is 1. The van der Waals surface area contributed by atoms with Crippen LogP contribution in [0.3, 0.4) is 0 Å². The lowest BCUT2D eigenvalue weighted by atomic mass is 10.1. The van der Waals surface area contributed by atoms with E-state index >= 15 is 0 Å². The first kappa shape index (κ1) is 12.4. The largest absolute Gasteiger partial charge is 0.449 e. The molecule has 0 saturated carbocycles. The van der Waals surface area contributed by atoms with Crippen molar-refractivity contribution < 1.29 is 9.53 Å². The number of aromatic nitrogens is 5. The highest BCUT2D eigenvalue weighted by molar-refractivity contribution is 9.10. The van der Waals surface area contributed by atoms with Gasteiger partial charge in [0.05, 0.1) is 0 Å². The van der Waals surface area contributed by atoms with Gasteiger partial charge in [-0.25, -0.2) is 4.98 Å². The quantitative estimate of drug-likeness (QED) is 0.796. The summed E-state index contributed by atoms with van der Waals surface area (Å²) in [5.74, 6) is -0.0461. The summed E-state index contributed by atoms with van der Waals surface area (Å²) in [7, 11) is 0. The molecule has 1 atom stereocenters. The molecule has 0 fully saturated rings. The second kappa shape index (κ2) is 5.08. The summed E-state index contributed by atoms with van der Waals surface area (Å²) in [6.07, 6.45) is 0.700. The number of H-pyrrole nitrogens is 1. The molecular formula is C9H9BrN6O2. The van der Waals surface area contributed by atoms with Crippen LogP contribution in [0.2, 0.25) is 0 Å². The minimum atomic E-state index is -0.841. The molecule has 2 aromatic heterocycles. The van der Waals surface area contributed by atoms with Crippen LogP contribution >= 0.6 is 15.9 Å². The van der Waals surface area contributed by atoms with E-state index in [4.69, 9.17) is 10.5 Å². The van der Waals surface area contributed by atoms with Crippen LogP contribution in [-0.4, -0.2) is 31.6 Å². The number of nitrogens with two attached hydrogens (primary N) is 1. The number of anilines is 1. The van der Waals surface area contributed by atoms with Crippen LogP contribution in [0.1, 0.15) is 24.4 Å². The number of carbonyl (C=O) groups is 1. The van der Waals surface area contributed by atoms with Crippen LogP contribution < -0.4 is 5.73 Å². The van der Waals surface area contributed by atoms with E-state index in [-0.39, 0.29) is 11.6 Å². The third-order valence-corrected chi connectivity index (χ3v) is 2.51. The zero-order valence-electron chi connectivity index (χ0n) is 9.29. The summed E-state index contributed by atoms with van der Waals surface area (Å²) < 4.78 is 5.85. The molecule has 0 saturated heterocycles. The molecule has 18 heavy (non-hydrogen) atoms. The topological polar surface area (TPSA) is 120 Å². The number of halogens is 1. The Labute approximate surface area is 110 Å². The van der Waals surface area contributed by atoms with Crippen LogP contribution in [0.25, 0.3) is 0 Å². The zero-order valence-corrected chi connectivity index (χ0v) is 10.9. The Kier molecular flexibility index (Phi) is 3.51. The van der Waals surface area contributed by atoms with Gasteiger partial charge in [0.2, 0.25) is 5.82 Å². The number of ether oxygens (including phenoxy) is 1. The summed E-state index contributed by atoms with van der Waals surface area (Å²) in [4.78, 5) is 15.1. The Morgan fingerprint density at radius 3 is 3.00 bits per heavy atom. The predicted octanol–water partition coefficient (Wildman–Crippen LogP) is 0.592. The summed E-state index contributed by atoms with van der Waals surface area (Å²) in [6, 6.07) is 1.69. The molecule has 0 aliphatic rings. The molecule has 0 amide bonds.